The van der Waals surface area contributed by atoms with Gasteiger partial charge in [-0.2, -0.15) is 0 Å². The second-order valence-corrected chi connectivity index (χ2v) is 5.24. The molecule has 114 valence electrons. The van der Waals surface area contributed by atoms with Crippen molar-refractivity contribution in [3.8, 4) is 0 Å². The third-order valence-electron chi connectivity index (χ3n) is 4.23. The van der Waals surface area contributed by atoms with Crippen LogP contribution in [0.3, 0.4) is 0 Å². The van der Waals surface area contributed by atoms with E-state index in [4.69, 9.17) is 0 Å². The predicted molar refractivity (Wildman–Crippen MR) is 76.6 cm³/mol. The number of hydrogen-bond donors (Lipinski definition) is 1. The Labute approximate surface area is 120 Å². The number of tetrazole rings is 1. The average molecular weight is 282 g/mol. The van der Waals surface area contributed by atoms with Crippen LogP contribution in [0.15, 0.2) is 0 Å². The molecule has 0 fully saturated rings. The monoisotopic (exact) mass is 282 g/mol. The molecule has 0 aliphatic rings. The van der Waals surface area contributed by atoms with Crippen molar-refractivity contribution in [2.24, 2.45) is 0 Å². The zero-order chi connectivity index (χ0) is 15.2. The summed E-state index contributed by atoms with van der Waals surface area (Å²) in [7, 11) is 0. The molecule has 0 spiro atoms. The van der Waals surface area contributed by atoms with E-state index in [1.54, 1.807) is 4.68 Å². The zero-order valence-electron chi connectivity index (χ0n) is 13.0. The summed E-state index contributed by atoms with van der Waals surface area (Å²) in [5, 5.41) is 21.5. The minimum absolute atomic E-state index is 0.224. The lowest BCUT2D eigenvalue weighted by Crippen LogP contribution is -2.43. The number of unbranched alkanes of at least 4 members (excludes halogenated alkanes) is 1. The molecule has 0 saturated heterocycles. The molecule has 1 heterocycles. The fourth-order valence-corrected chi connectivity index (χ4v) is 2.66. The maximum absolute atomic E-state index is 11.7. The largest absolute Gasteiger partial charge is 0.479 e. The van der Waals surface area contributed by atoms with Gasteiger partial charge in [0.2, 0.25) is 0 Å². The third kappa shape index (κ3) is 2.99. The average Bonchev–Trinajstić information content (AvgIpc) is 2.91. The highest BCUT2D eigenvalue weighted by molar-refractivity contribution is 5.76. The van der Waals surface area contributed by atoms with E-state index in [0.717, 1.165) is 25.7 Å². The van der Waals surface area contributed by atoms with Gasteiger partial charge in [-0.15, -0.1) is 5.10 Å². The first kappa shape index (κ1) is 16.6. The van der Waals surface area contributed by atoms with Gasteiger partial charge in [-0.3, -0.25) is 0 Å². The van der Waals surface area contributed by atoms with Crippen LogP contribution in [0.25, 0.3) is 0 Å². The van der Waals surface area contributed by atoms with Crippen LogP contribution in [0.2, 0.25) is 0 Å². The summed E-state index contributed by atoms with van der Waals surface area (Å²) in [5.41, 5.74) is -1.03. The molecule has 1 N–H and O–H groups in total. The van der Waals surface area contributed by atoms with Gasteiger partial charge in [0.05, 0.1) is 0 Å². The fraction of sp³-hybridized carbons (Fsp3) is 0.857. The maximum Gasteiger partial charge on any atom is 0.331 e. The molecule has 1 aromatic rings. The molecule has 0 aliphatic heterocycles. The van der Waals surface area contributed by atoms with Crippen molar-refractivity contribution >= 4 is 5.97 Å². The minimum atomic E-state index is -1.03. The Morgan fingerprint density at radius 1 is 1.30 bits per heavy atom. The third-order valence-corrected chi connectivity index (χ3v) is 4.23. The van der Waals surface area contributed by atoms with Crippen LogP contribution >= 0.6 is 0 Å². The molecule has 0 aliphatic carbocycles. The van der Waals surface area contributed by atoms with Crippen LogP contribution in [-0.4, -0.2) is 31.3 Å². The Morgan fingerprint density at radius 2 is 1.95 bits per heavy atom. The van der Waals surface area contributed by atoms with Crippen molar-refractivity contribution in [2.75, 3.05) is 0 Å². The van der Waals surface area contributed by atoms with Gasteiger partial charge in [0.25, 0.3) is 0 Å². The summed E-state index contributed by atoms with van der Waals surface area (Å²) >= 11 is 0. The zero-order valence-corrected chi connectivity index (χ0v) is 13.0. The Bertz CT molecular complexity index is 427. The highest BCUT2D eigenvalue weighted by Crippen LogP contribution is 2.31. The second kappa shape index (κ2) is 7.36. The first-order valence-electron chi connectivity index (χ1n) is 7.59. The van der Waals surface area contributed by atoms with Crippen LogP contribution < -0.4 is 0 Å². The summed E-state index contributed by atoms with van der Waals surface area (Å²) in [4.78, 5) is 11.7. The van der Waals surface area contributed by atoms with Crippen molar-refractivity contribution in [3.63, 3.8) is 0 Å². The van der Waals surface area contributed by atoms with Crippen LogP contribution in [0, 0.1) is 0 Å². The van der Waals surface area contributed by atoms with E-state index in [0.29, 0.717) is 18.7 Å². The van der Waals surface area contributed by atoms with E-state index >= 15 is 0 Å². The summed E-state index contributed by atoms with van der Waals surface area (Å²) < 4.78 is 1.55. The van der Waals surface area contributed by atoms with E-state index in [9.17, 15) is 9.90 Å². The van der Waals surface area contributed by atoms with Crippen molar-refractivity contribution < 1.29 is 9.90 Å². The molecule has 1 atom stereocenters. The second-order valence-electron chi connectivity index (χ2n) is 5.24. The molecule has 1 rings (SSSR count). The summed E-state index contributed by atoms with van der Waals surface area (Å²) in [6.45, 7) is 7.99. The number of aromatic nitrogens is 4. The van der Waals surface area contributed by atoms with Crippen LogP contribution in [0.4, 0.5) is 0 Å². The number of carboxylic acid groups (broad SMARTS) is 1. The molecule has 1 unspecified atom stereocenters. The number of carboxylic acids is 1. The number of hydrogen-bond acceptors (Lipinski definition) is 4. The van der Waals surface area contributed by atoms with Gasteiger partial charge >= 0.3 is 5.97 Å². The van der Waals surface area contributed by atoms with Crippen molar-refractivity contribution in [1.82, 2.24) is 20.2 Å². The molecule has 0 aromatic carbocycles. The quantitative estimate of drug-likeness (QED) is 0.753. The van der Waals surface area contributed by atoms with Crippen molar-refractivity contribution in [2.45, 2.75) is 77.7 Å². The Hall–Kier alpha value is -1.46. The molecular weight excluding hydrogens is 256 g/mol. The molecule has 0 saturated carbocycles. The molecule has 6 nitrogen and oxygen atoms in total. The van der Waals surface area contributed by atoms with Gasteiger partial charge in [-0.05, 0) is 36.1 Å². The summed E-state index contributed by atoms with van der Waals surface area (Å²) in [5.74, 6) is 0.0789. The van der Waals surface area contributed by atoms with Gasteiger partial charge in [0.15, 0.2) is 11.4 Å². The number of rotatable bonds is 9. The number of nitrogens with zero attached hydrogens (tertiary/aromatic N) is 4. The van der Waals surface area contributed by atoms with E-state index in [2.05, 4.69) is 29.4 Å². The SMILES string of the molecule is CCCCC(CC)c1nnnn1C(CC)(CC)C(=O)O. The van der Waals surface area contributed by atoms with E-state index in [-0.39, 0.29) is 5.92 Å². The lowest BCUT2D eigenvalue weighted by molar-refractivity contribution is -0.149. The van der Waals surface area contributed by atoms with Gasteiger partial charge in [0, 0.05) is 5.92 Å². The van der Waals surface area contributed by atoms with E-state index in [1.165, 1.54) is 0 Å². The Kier molecular flexibility index (Phi) is 6.10. The van der Waals surface area contributed by atoms with Crippen LogP contribution in [0.5, 0.6) is 0 Å². The summed E-state index contributed by atoms with van der Waals surface area (Å²) in [6, 6.07) is 0. The van der Waals surface area contributed by atoms with E-state index < -0.39 is 11.5 Å². The summed E-state index contributed by atoms with van der Waals surface area (Å²) in [6.07, 6.45) is 5.08. The predicted octanol–water partition coefficient (Wildman–Crippen LogP) is 2.96. The normalized spacial score (nSPS) is 13.4. The van der Waals surface area contributed by atoms with Crippen LogP contribution in [0.1, 0.15) is 78.0 Å². The lowest BCUT2D eigenvalue weighted by Gasteiger charge is -2.29. The molecule has 6 heteroatoms. The minimum Gasteiger partial charge on any atom is -0.479 e. The van der Waals surface area contributed by atoms with Crippen molar-refractivity contribution in [1.29, 1.82) is 0 Å². The number of carbonyl (C=O) groups is 1. The Balaban J connectivity index is 3.19. The standard InChI is InChI=1S/C14H26N4O2/c1-5-9-10-11(6-2)12-15-16-17-18(12)14(7-3,8-4)13(19)20/h11H,5-10H2,1-4H3,(H,19,20). The van der Waals surface area contributed by atoms with Gasteiger partial charge in [0.1, 0.15) is 0 Å². The first-order valence-corrected chi connectivity index (χ1v) is 7.59. The lowest BCUT2D eigenvalue weighted by atomic mass is 9.91. The highest BCUT2D eigenvalue weighted by Gasteiger charge is 2.41. The Morgan fingerprint density at radius 3 is 2.40 bits per heavy atom. The highest BCUT2D eigenvalue weighted by atomic mass is 16.4. The molecule has 1 aromatic heterocycles. The molecule has 20 heavy (non-hydrogen) atoms. The maximum atomic E-state index is 11.7. The van der Waals surface area contributed by atoms with Gasteiger partial charge in [-0.25, -0.2) is 9.48 Å². The first-order chi connectivity index (χ1) is 9.57. The van der Waals surface area contributed by atoms with E-state index in [1.807, 2.05) is 13.8 Å². The number of aliphatic carboxylic acids is 1. The van der Waals surface area contributed by atoms with Gasteiger partial charge in [-0.1, -0.05) is 40.5 Å². The fourth-order valence-electron chi connectivity index (χ4n) is 2.66. The van der Waals surface area contributed by atoms with Gasteiger partial charge < -0.3 is 5.11 Å². The molecule has 0 amide bonds. The topological polar surface area (TPSA) is 80.9 Å². The molecular formula is C14H26N4O2. The van der Waals surface area contributed by atoms with Crippen LogP contribution in [-0.2, 0) is 10.3 Å². The van der Waals surface area contributed by atoms with Crippen molar-refractivity contribution in [3.05, 3.63) is 5.82 Å². The smallest absolute Gasteiger partial charge is 0.331 e. The molecule has 0 bridgehead atoms. The molecule has 0 radical (unpaired) electrons.